The number of piperidine rings is 6. The highest BCUT2D eigenvalue weighted by Crippen LogP contribution is 2.51. The zero-order valence-electron chi connectivity index (χ0n) is 180. The van der Waals surface area contributed by atoms with Gasteiger partial charge in [-0.05, 0) is 251 Å². The molecule has 6 fully saturated rings. The Labute approximate surface area is 987 Å². The number of ether oxygens (including phenoxy) is 12. The van der Waals surface area contributed by atoms with Crippen molar-refractivity contribution < 1.29 is 227 Å². The van der Waals surface area contributed by atoms with Gasteiger partial charge in [-0.2, -0.15) is 0 Å². The molecule has 18 rings (SSSR count). The van der Waals surface area contributed by atoms with Crippen LogP contribution < -0.4 is 56.8 Å². The molecule has 6 aromatic carbocycles. The second-order valence-electron chi connectivity index (χ2n) is 33.0. The van der Waals surface area contributed by atoms with Gasteiger partial charge in [-0.15, -0.1) is 0 Å². The van der Waals surface area contributed by atoms with Crippen molar-refractivity contribution in [2.24, 2.45) is 70.8 Å². The Morgan fingerprint density at radius 2 is 0.667 bits per heavy atom. The van der Waals surface area contributed by atoms with Crippen molar-refractivity contribution in [2.75, 3.05) is 163 Å². The minimum atomic E-state index is -4.30. The SMILES string of the molecule is [2H]C([2H])([2H])Oc1cc2c(cc1OC([2H])([2H])[2H])C1([2H])N(CC([2H])(CC(C)C)C(=O)C1([2H])[2H])C([2H])([2H])C2([2H])[2H].[2H]c1c(OC([2H])([2H])[2H])c(OC([2H])([2H])[2H])c([2H])c2c1C([2H])([2H])C([2H])([2H])N1CC([2H])(C([2H])([2H])C([2H])(C([2H])([2H])[2H])C([2H])([2H])C)C(=O)C([2H])([2H])C21[2H].[2H]c1c(OC([2H])([2H])[2H])c(OC([2H])([2H])[2H])c([2H])c2c1C1([2H])CC(=O)C(CC(C)C)CN1C([2H])([2H])C2([2H])[2H].[2H]c1c(OC([2H])([2H])[2H])c(OC)c([2H])c2c1C1([2H])CC(=O)C(C([2H])([2H])C([2H])(C([2H])([2H])[2H])C([2H])([2H])C)CN1C([2H])([2H])C2([2H])[2H].[2H]c1c2c(c([2H])c(OC([2H])([2H])[2H])c1OC([2H])([2H])[2H])C1N(CC2)C([2H])([2H])C([2H])(C([2H])([2H])C([2H])(C([2H])([2H])[2H])C([2H])([2H])C)C(=O)C1([2H])[2H].[2H]c1c2c(c([2H])c(OC([2H])([2H])[2H])c1OC([2H])([2H])[2H])C1N(CC2)C([2H])([2H])C([2H])(CC(C)C)C(=O)C1([2H])[2H]. The van der Waals surface area contributed by atoms with E-state index in [2.05, 4.69) is 9.47 Å². The molecule has 0 aromatic heterocycles. The summed E-state index contributed by atoms with van der Waals surface area (Å²) in [4.78, 5) is 84.2. The normalized spacial score (nSPS) is 47.1. The first-order valence-electron chi connectivity index (χ1n) is 94.4. The third-order valence-corrected chi connectivity index (χ3v) is 22.4. The zero-order chi connectivity index (χ0) is 191. The van der Waals surface area contributed by atoms with E-state index in [1.165, 1.54) is 0 Å². The molecule has 0 aliphatic carbocycles. The zero-order valence-corrected chi connectivity index (χ0v) is 76.9. The third-order valence-electron chi connectivity index (χ3n) is 22.4. The third kappa shape index (κ3) is 25.6. The van der Waals surface area contributed by atoms with Gasteiger partial charge < -0.3 is 56.8 Å². The van der Waals surface area contributed by atoms with Gasteiger partial charge in [0, 0.05) is 265 Å². The van der Waals surface area contributed by atoms with Gasteiger partial charge in [-0.1, -0.05) is 102 Å². The molecule has 0 spiro atoms. The Bertz CT molecular complexity index is 10300. The summed E-state index contributed by atoms with van der Waals surface area (Å²) in [5.74, 6) is -49.5. The standard InChI is InChI=1S/3C20H29NO3.3C19H27NO3/c3*1-5-13(2)8-15-12-21-7-6-14-9-19(23-3)20(24-4)10-16(14)17(21)11-18(15)22;3*1-12(2)7-14-11-20-6-5-13-8-18(22-3)19(23-4)9-15(13)16(20)10-17(14)21/h3*9-10,13,15,17H,5-8,11-12H2,1-4H3;3*8-9,12,14,16H,5-7,10-11H2,1-4H3/i2D3,3D3,4D3,5D2,6D2,7D2,8D2,9D,10D,11D2,13D,15D,17D;2D3,3D3,4D3,5D2,8D2,9D,10D,11D2,12D2,13D,15D;2D3,4D3,5D2,6D2,7D2,8D2,9D,10D,13D,17D;3D3,4D3,8D,9D,10D2,11D2,14D;3D3,4D3,5D2,6D2,10D2,14D,16D;3D3,4D3,5D2,6D2,8D,9D,16D. The van der Waals surface area contributed by atoms with Crippen LogP contribution >= 0.6 is 0 Å². The van der Waals surface area contributed by atoms with Crippen LogP contribution in [0.2, 0.25) is 0 Å². The number of methoxy groups -OCH3 is 12. The molecule has 12 aliphatic rings. The minimum absolute atomic E-state index is 0.0438. The van der Waals surface area contributed by atoms with Gasteiger partial charge in [0.25, 0.3) is 0 Å². The maximum absolute atomic E-state index is 14.0. The lowest BCUT2D eigenvalue weighted by Gasteiger charge is -2.43. The van der Waals surface area contributed by atoms with Crippen LogP contribution in [-0.2, 0) is 67.1 Å². The quantitative estimate of drug-likeness (QED) is 0.0466. The van der Waals surface area contributed by atoms with Crippen molar-refractivity contribution in [1.82, 2.24) is 29.4 Å². The molecule has 0 N–H and O–H groups in total. The van der Waals surface area contributed by atoms with Gasteiger partial charge in [0.15, 0.2) is 69.0 Å². The van der Waals surface area contributed by atoms with Crippen molar-refractivity contribution in [3.63, 3.8) is 0 Å². The van der Waals surface area contributed by atoms with E-state index in [0.29, 0.717) is 54.0 Å². The fourth-order valence-electron chi connectivity index (χ4n) is 15.9. The number of carbonyl (C=O) groups excluding carboxylic acids is 6. The summed E-state index contributed by atoms with van der Waals surface area (Å²) in [5, 5.41) is 0. The van der Waals surface area contributed by atoms with Gasteiger partial charge in [0.2, 0.25) is 0 Å². The Hall–Kier alpha value is -9.30. The van der Waals surface area contributed by atoms with Crippen LogP contribution in [0.15, 0.2) is 72.6 Å². The highest BCUT2D eigenvalue weighted by atomic mass is 16.5. The van der Waals surface area contributed by atoms with E-state index < -0.39 is 575 Å². The van der Waals surface area contributed by atoms with Gasteiger partial charge in [0.05, 0.1) is 149 Å². The molecular weight excluding hydrogens is 1780 g/mol. The smallest absolute Gasteiger partial charge is 0.161 e. The van der Waals surface area contributed by atoms with Crippen LogP contribution in [0.1, 0.15) is 423 Å². The summed E-state index contributed by atoms with van der Waals surface area (Å²) in [6.07, 6.45) is -52.1. The molecule has 24 heteroatoms. The number of carbonyl (C=O) groups is 6. The largest absolute Gasteiger partial charge is 0.493 e. The number of hydrogen-bond acceptors (Lipinski definition) is 24. The first-order chi connectivity index (χ1) is 107. The molecule has 141 heavy (non-hydrogen) atoms. The molecule has 0 radical (unpaired) electrons. The van der Waals surface area contributed by atoms with E-state index in [9.17, 15) is 31.5 Å². The first kappa shape index (κ1) is 37.0. The molecule has 774 valence electrons. The highest BCUT2D eigenvalue weighted by molar-refractivity contribution is 5.86. The fraction of sp³-hybridized carbons (Fsp3) is 0.641. The predicted octanol–water partition coefficient (Wildman–Crippen LogP) is 20.6. The summed E-state index contributed by atoms with van der Waals surface area (Å²) in [6.45, 7) is -24.9. The van der Waals surface area contributed by atoms with Gasteiger partial charge >= 0.3 is 0 Å². The van der Waals surface area contributed by atoms with Crippen LogP contribution in [0.5, 0.6) is 69.0 Å². The minimum Gasteiger partial charge on any atom is -0.493 e. The topological polar surface area (TPSA) is 233 Å². The Kier molecular flexibility index (Phi) is 13.1. The Morgan fingerprint density at radius 1 is 0.340 bits per heavy atom. The molecule has 12 aliphatic heterocycles. The van der Waals surface area contributed by atoms with Crippen LogP contribution in [0, 0.1) is 70.8 Å². The lowest BCUT2D eigenvalue weighted by molar-refractivity contribution is -0.130. The monoisotopic (exact) mass is 2050 g/mol. The summed E-state index contributed by atoms with van der Waals surface area (Å²) in [6, 6.07) is -25.4. The summed E-state index contributed by atoms with van der Waals surface area (Å²) in [7, 11) is -35.3. The maximum Gasteiger partial charge on any atom is 0.161 e. The van der Waals surface area contributed by atoms with E-state index in [4.69, 9.17) is 186 Å². The molecular formula is C117H168N6O18. The molecule has 24 nitrogen and oxygen atoms in total. The summed E-state index contributed by atoms with van der Waals surface area (Å²) in [5.41, 5.74) is -9.16. The number of benzene rings is 6. The number of fused-ring (bicyclic) bond motifs is 18. The van der Waals surface area contributed by atoms with E-state index >= 15 is 0 Å². The van der Waals surface area contributed by atoms with E-state index in [-0.39, 0.29) is 71.7 Å². The number of nitrogens with zero attached hydrogens (tertiary/aromatic N) is 6. The fourth-order valence-corrected chi connectivity index (χ4v) is 15.9. The number of rotatable bonds is 27. The van der Waals surface area contributed by atoms with Crippen molar-refractivity contribution in [3.8, 4) is 69.0 Å². The average molecular weight is 2050 g/mol. The van der Waals surface area contributed by atoms with Gasteiger partial charge in [-0.25, -0.2) is 0 Å². The number of Topliss-reactive ketones (excluding diaryl/α,β-unsaturated/α-hetero) is 6. The van der Waals surface area contributed by atoms with Crippen molar-refractivity contribution in [3.05, 3.63) is 139 Å². The summed E-state index contributed by atoms with van der Waals surface area (Å²) >= 11 is 0. The molecule has 6 aromatic rings. The molecule has 0 bridgehead atoms. The molecule has 6 saturated heterocycles. The Morgan fingerprint density at radius 3 is 1.10 bits per heavy atom. The van der Waals surface area contributed by atoms with E-state index in [1.807, 2.05) is 13.8 Å². The molecule has 0 amide bonds. The second kappa shape index (κ2) is 50.0. The summed E-state index contributed by atoms with van der Waals surface area (Å²) < 4.78 is 899. The Balaban J connectivity index is 0.000000231. The van der Waals surface area contributed by atoms with Gasteiger partial charge in [0.1, 0.15) is 34.7 Å². The highest BCUT2D eigenvalue weighted by Gasteiger charge is 2.47. The predicted molar refractivity (Wildman–Crippen MR) is 555 cm³/mol. The molecule has 0 saturated carbocycles. The van der Waals surface area contributed by atoms with Crippen LogP contribution in [0.4, 0.5) is 0 Å². The molecule has 15 unspecified atom stereocenters. The lowest BCUT2D eigenvalue weighted by Crippen LogP contribution is -2.46. The number of ketones is 6. The van der Waals surface area contributed by atoms with Crippen LogP contribution in [-0.4, -0.2) is 227 Å². The first-order valence-corrected chi connectivity index (χ1v) is 42.9. The second-order valence-corrected chi connectivity index (χ2v) is 33.0. The molecule has 15 atom stereocenters. The number of hydrogen-bond donors (Lipinski definition) is 0. The van der Waals surface area contributed by atoms with Crippen molar-refractivity contribution in [2.45, 2.75) is 253 Å². The molecule has 12 heterocycles. The van der Waals surface area contributed by atoms with Crippen molar-refractivity contribution >= 4 is 34.7 Å². The number of aryl methyl sites for hydroxylation is 1. The maximum atomic E-state index is 14.0. The van der Waals surface area contributed by atoms with Gasteiger partial charge in [-0.3, -0.25) is 58.2 Å². The van der Waals surface area contributed by atoms with E-state index in [0.717, 1.165) is 16.9 Å². The van der Waals surface area contributed by atoms with Crippen LogP contribution in [0.3, 0.4) is 0 Å². The van der Waals surface area contributed by atoms with E-state index in [1.54, 1.807) is 27.7 Å². The van der Waals surface area contributed by atoms with Crippen molar-refractivity contribution in [1.29, 1.82) is 0 Å². The average Bonchev–Trinajstić information content (AvgIpc) is 0.657. The lowest BCUT2D eigenvalue weighted by atomic mass is 9.79. The van der Waals surface area contributed by atoms with Crippen LogP contribution in [0.25, 0.3) is 0 Å².